The molecule has 2 aromatic heterocycles. The van der Waals surface area contributed by atoms with Crippen LogP contribution in [0, 0.1) is 0 Å². The number of aliphatic hydroxyl groups is 1. The topological polar surface area (TPSA) is 98.1 Å². The summed E-state index contributed by atoms with van der Waals surface area (Å²) in [5.74, 6) is 1.25. The van der Waals surface area contributed by atoms with Crippen molar-refractivity contribution in [1.29, 1.82) is 0 Å². The van der Waals surface area contributed by atoms with Gasteiger partial charge in [0, 0.05) is 18.2 Å². The zero-order chi connectivity index (χ0) is 10.7. The molecule has 0 bridgehead atoms. The number of hydrogen-bond donors (Lipinski definition) is 2. The molecule has 0 aliphatic carbocycles. The monoisotopic (exact) mass is 206 g/mol. The van der Waals surface area contributed by atoms with Gasteiger partial charge in [0.15, 0.2) is 5.82 Å². The molecular weight excluding hydrogens is 196 g/mol. The Labute approximate surface area is 85.8 Å². The molecule has 0 aliphatic heterocycles. The molecule has 0 aromatic carbocycles. The quantitative estimate of drug-likeness (QED) is 0.746. The molecule has 0 spiro atoms. The summed E-state index contributed by atoms with van der Waals surface area (Å²) in [5, 5.41) is 12.4. The van der Waals surface area contributed by atoms with Crippen molar-refractivity contribution in [2.24, 2.45) is 0 Å². The van der Waals surface area contributed by atoms with Crippen LogP contribution in [0.1, 0.15) is 5.82 Å². The molecule has 2 rings (SSSR count). The third-order valence-electron chi connectivity index (χ3n) is 1.83. The highest BCUT2D eigenvalue weighted by Crippen LogP contribution is 2.17. The summed E-state index contributed by atoms with van der Waals surface area (Å²) < 4.78 is 5.00. The molecule has 0 fully saturated rings. The highest BCUT2D eigenvalue weighted by atomic mass is 16.5. The molecule has 78 valence electrons. The van der Waals surface area contributed by atoms with E-state index in [9.17, 15) is 0 Å². The van der Waals surface area contributed by atoms with Crippen LogP contribution in [0.25, 0.3) is 11.5 Å². The third-order valence-corrected chi connectivity index (χ3v) is 1.83. The van der Waals surface area contributed by atoms with Crippen LogP contribution >= 0.6 is 0 Å². The summed E-state index contributed by atoms with van der Waals surface area (Å²) in [6.07, 6.45) is 1.95. The predicted molar refractivity (Wildman–Crippen MR) is 52.7 cm³/mol. The van der Waals surface area contributed by atoms with Crippen molar-refractivity contribution in [3.63, 3.8) is 0 Å². The predicted octanol–water partition coefficient (Wildman–Crippen LogP) is 0.249. The Morgan fingerprint density at radius 1 is 1.47 bits per heavy atom. The minimum absolute atomic E-state index is 0.00252. The van der Waals surface area contributed by atoms with Crippen LogP contribution in [0.4, 0.5) is 5.82 Å². The van der Waals surface area contributed by atoms with Crippen LogP contribution in [0.3, 0.4) is 0 Å². The molecular formula is C9H10N4O2. The van der Waals surface area contributed by atoms with E-state index in [1.54, 1.807) is 18.3 Å². The smallest absolute Gasteiger partial charge is 0.258 e. The largest absolute Gasteiger partial charge is 0.396 e. The lowest BCUT2D eigenvalue weighted by Gasteiger charge is -1.94. The first-order chi connectivity index (χ1) is 7.29. The van der Waals surface area contributed by atoms with Crippen LogP contribution in [-0.2, 0) is 6.42 Å². The van der Waals surface area contributed by atoms with Gasteiger partial charge in [0.05, 0.1) is 6.61 Å². The average molecular weight is 206 g/mol. The van der Waals surface area contributed by atoms with Gasteiger partial charge in [-0.3, -0.25) is 0 Å². The third kappa shape index (κ3) is 2.10. The van der Waals surface area contributed by atoms with Gasteiger partial charge in [0.2, 0.25) is 0 Å². The molecule has 6 nitrogen and oxygen atoms in total. The van der Waals surface area contributed by atoms with Gasteiger partial charge >= 0.3 is 0 Å². The zero-order valence-electron chi connectivity index (χ0n) is 7.92. The number of rotatable bonds is 3. The number of nitrogen functional groups attached to an aromatic ring is 1. The molecule has 0 radical (unpaired) electrons. The van der Waals surface area contributed by atoms with Crippen LogP contribution in [0.5, 0.6) is 0 Å². The van der Waals surface area contributed by atoms with E-state index >= 15 is 0 Å². The van der Waals surface area contributed by atoms with Crippen molar-refractivity contribution in [2.75, 3.05) is 12.3 Å². The van der Waals surface area contributed by atoms with E-state index in [1.807, 2.05) is 0 Å². The molecule has 0 unspecified atom stereocenters. The number of hydrogen-bond acceptors (Lipinski definition) is 6. The van der Waals surface area contributed by atoms with Crippen LogP contribution < -0.4 is 5.73 Å². The molecule has 15 heavy (non-hydrogen) atoms. The molecule has 2 heterocycles. The Bertz CT molecular complexity index is 455. The Balaban J connectivity index is 2.29. The Kier molecular flexibility index (Phi) is 2.59. The number of pyridine rings is 1. The molecule has 0 saturated carbocycles. The average Bonchev–Trinajstić information content (AvgIpc) is 2.67. The maximum Gasteiger partial charge on any atom is 0.258 e. The second kappa shape index (κ2) is 4.05. The van der Waals surface area contributed by atoms with Crippen molar-refractivity contribution >= 4 is 5.82 Å². The summed E-state index contributed by atoms with van der Waals surface area (Å²) in [6, 6.07) is 3.38. The molecule has 0 atom stereocenters. The fourth-order valence-electron chi connectivity index (χ4n) is 1.15. The van der Waals surface area contributed by atoms with Gasteiger partial charge in [-0.05, 0) is 12.1 Å². The minimum atomic E-state index is -0.00252. The second-order valence-corrected chi connectivity index (χ2v) is 2.96. The van der Waals surface area contributed by atoms with E-state index in [2.05, 4.69) is 15.1 Å². The first-order valence-corrected chi connectivity index (χ1v) is 4.45. The Morgan fingerprint density at radius 3 is 3.07 bits per heavy atom. The van der Waals surface area contributed by atoms with E-state index in [0.29, 0.717) is 24.0 Å². The number of aromatic nitrogens is 3. The van der Waals surface area contributed by atoms with E-state index in [4.69, 9.17) is 15.4 Å². The van der Waals surface area contributed by atoms with Gasteiger partial charge < -0.3 is 15.4 Å². The van der Waals surface area contributed by atoms with Gasteiger partial charge in [-0.25, -0.2) is 4.98 Å². The summed E-state index contributed by atoms with van der Waals surface area (Å²) in [6.45, 7) is -0.00252. The zero-order valence-corrected chi connectivity index (χ0v) is 7.92. The molecule has 2 aromatic rings. The molecule has 6 heteroatoms. The van der Waals surface area contributed by atoms with Crippen LogP contribution in [0.2, 0.25) is 0 Å². The van der Waals surface area contributed by atoms with Gasteiger partial charge in [0.25, 0.3) is 5.89 Å². The van der Waals surface area contributed by atoms with Crippen molar-refractivity contribution < 1.29 is 9.63 Å². The SMILES string of the molecule is Nc1cc(-c2nc(CCO)no2)ccn1. The van der Waals surface area contributed by atoms with Crippen molar-refractivity contribution in [2.45, 2.75) is 6.42 Å². The Hall–Kier alpha value is -1.95. The fraction of sp³-hybridized carbons (Fsp3) is 0.222. The lowest BCUT2D eigenvalue weighted by molar-refractivity contribution is 0.293. The van der Waals surface area contributed by atoms with Crippen molar-refractivity contribution in [3.05, 3.63) is 24.2 Å². The standard InChI is InChI=1S/C9H10N4O2/c10-7-5-6(1-3-11-7)9-12-8(2-4-14)13-15-9/h1,3,5,14H,2,4H2,(H2,10,11). The fourth-order valence-corrected chi connectivity index (χ4v) is 1.15. The highest BCUT2D eigenvalue weighted by Gasteiger charge is 2.08. The van der Waals surface area contributed by atoms with E-state index in [0.717, 1.165) is 5.56 Å². The maximum absolute atomic E-state index is 8.69. The lowest BCUT2D eigenvalue weighted by Crippen LogP contribution is -1.93. The minimum Gasteiger partial charge on any atom is -0.396 e. The Morgan fingerprint density at radius 2 is 2.33 bits per heavy atom. The summed E-state index contributed by atoms with van der Waals surface area (Å²) in [7, 11) is 0. The van der Waals surface area contributed by atoms with Crippen molar-refractivity contribution in [3.8, 4) is 11.5 Å². The van der Waals surface area contributed by atoms with Gasteiger partial charge in [-0.1, -0.05) is 5.16 Å². The van der Waals surface area contributed by atoms with E-state index in [-0.39, 0.29) is 6.61 Å². The maximum atomic E-state index is 8.69. The normalized spacial score (nSPS) is 10.5. The summed E-state index contributed by atoms with van der Waals surface area (Å²) in [5.41, 5.74) is 6.24. The number of nitrogens with two attached hydrogens (primary N) is 1. The second-order valence-electron chi connectivity index (χ2n) is 2.96. The highest BCUT2D eigenvalue weighted by molar-refractivity contribution is 5.56. The molecule has 0 amide bonds. The lowest BCUT2D eigenvalue weighted by atomic mass is 10.2. The molecule has 3 N–H and O–H groups in total. The summed E-state index contributed by atoms with van der Waals surface area (Å²) >= 11 is 0. The number of anilines is 1. The summed E-state index contributed by atoms with van der Waals surface area (Å²) in [4.78, 5) is 7.95. The van der Waals surface area contributed by atoms with Gasteiger partial charge in [-0.15, -0.1) is 0 Å². The van der Waals surface area contributed by atoms with Gasteiger partial charge in [0.1, 0.15) is 5.82 Å². The first kappa shape index (κ1) is 9.60. The number of nitrogens with zero attached hydrogens (tertiary/aromatic N) is 3. The van der Waals surface area contributed by atoms with Gasteiger partial charge in [-0.2, -0.15) is 4.98 Å². The van der Waals surface area contributed by atoms with Crippen LogP contribution in [0.15, 0.2) is 22.9 Å². The molecule has 0 aliphatic rings. The number of aliphatic hydroxyl groups excluding tert-OH is 1. The van der Waals surface area contributed by atoms with E-state index in [1.165, 1.54) is 0 Å². The molecule has 0 saturated heterocycles. The first-order valence-electron chi connectivity index (χ1n) is 4.45. The van der Waals surface area contributed by atoms with E-state index < -0.39 is 0 Å². The van der Waals surface area contributed by atoms with Crippen LogP contribution in [-0.4, -0.2) is 26.8 Å². The van der Waals surface area contributed by atoms with Crippen molar-refractivity contribution in [1.82, 2.24) is 15.1 Å².